The van der Waals surface area contributed by atoms with Crippen molar-refractivity contribution in [1.82, 2.24) is 9.55 Å². The van der Waals surface area contributed by atoms with E-state index in [0.29, 0.717) is 10.9 Å². The Morgan fingerprint density at radius 2 is 2.11 bits per heavy atom. The van der Waals surface area contributed by atoms with Crippen LogP contribution in [0.3, 0.4) is 0 Å². The first-order chi connectivity index (χ1) is 13.1. The molecule has 27 heavy (non-hydrogen) atoms. The van der Waals surface area contributed by atoms with Crippen molar-refractivity contribution in [2.24, 2.45) is 0 Å². The number of nitrogens with zero attached hydrogens (tertiary/aromatic N) is 2. The Morgan fingerprint density at radius 1 is 1.30 bits per heavy atom. The third-order valence-corrected chi connectivity index (χ3v) is 6.07. The molecule has 0 aliphatic heterocycles. The molecule has 0 spiro atoms. The number of aromatic nitrogens is 2. The standard InChI is InChI=1S/C20H21FN2O3S/c21-16-7-3-1-5-13(16)10-26-11-14(24)9-23-12-22-19-18(20(23)25)15-6-2-4-8-17(15)27-19/h1,3,5,7,12,14,24H,2,4,6,8-11H2. The smallest absolute Gasteiger partial charge is 0.262 e. The molecular formula is C20H21FN2O3S. The summed E-state index contributed by atoms with van der Waals surface area (Å²) >= 11 is 1.61. The molecule has 3 aromatic rings. The lowest BCUT2D eigenvalue weighted by atomic mass is 9.97. The number of thiophene rings is 1. The van der Waals surface area contributed by atoms with Gasteiger partial charge >= 0.3 is 0 Å². The fraction of sp³-hybridized carbons (Fsp3) is 0.400. The Bertz CT molecular complexity index is 1010. The van der Waals surface area contributed by atoms with Crippen LogP contribution in [0, 0.1) is 5.82 Å². The highest BCUT2D eigenvalue weighted by molar-refractivity contribution is 7.18. The number of hydrogen-bond acceptors (Lipinski definition) is 5. The van der Waals surface area contributed by atoms with Gasteiger partial charge in [-0.15, -0.1) is 11.3 Å². The van der Waals surface area contributed by atoms with Gasteiger partial charge in [-0.05, 0) is 37.3 Å². The van der Waals surface area contributed by atoms with E-state index in [2.05, 4.69) is 4.98 Å². The first-order valence-corrected chi connectivity index (χ1v) is 9.94. The van der Waals surface area contributed by atoms with Crippen LogP contribution in [0.1, 0.15) is 28.8 Å². The average Bonchev–Trinajstić information content (AvgIpc) is 3.05. The zero-order valence-electron chi connectivity index (χ0n) is 14.9. The minimum atomic E-state index is -0.872. The van der Waals surface area contributed by atoms with Gasteiger partial charge in [0.1, 0.15) is 10.6 Å². The summed E-state index contributed by atoms with van der Waals surface area (Å²) in [6, 6.07) is 6.37. The SMILES string of the molecule is O=c1c2c3c(sc2ncn1CC(O)COCc1ccccc1F)CCCC3. The molecule has 0 bridgehead atoms. The van der Waals surface area contributed by atoms with E-state index in [1.54, 1.807) is 29.5 Å². The lowest BCUT2D eigenvalue weighted by Crippen LogP contribution is -2.29. The van der Waals surface area contributed by atoms with Crippen LogP contribution in [0.5, 0.6) is 0 Å². The zero-order valence-corrected chi connectivity index (χ0v) is 15.7. The van der Waals surface area contributed by atoms with E-state index in [-0.39, 0.29) is 31.1 Å². The average molecular weight is 388 g/mol. The maximum Gasteiger partial charge on any atom is 0.262 e. The number of aliphatic hydroxyl groups is 1. The number of aliphatic hydroxyl groups excluding tert-OH is 1. The topological polar surface area (TPSA) is 64.4 Å². The Kier molecular flexibility index (Phi) is 5.33. The van der Waals surface area contributed by atoms with Crippen molar-refractivity contribution in [2.75, 3.05) is 6.61 Å². The van der Waals surface area contributed by atoms with Crippen LogP contribution < -0.4 is 5.56 Å². The fourth-order valence-electron chi connectivity index (χ4n) is 3.51. The van der Waals surface area contributed by atoms with Crippen molar-refractivity contribution in [3.8, 4) is 0 Å². The molecule has 2 aromatic heterocycles. The van der Waals surface area contributed by atoms with Crippen molar-refractivity contribution in [3.05, 3.63) is 62.8 Å². The zero-order chi connectivity index (χ0) is 18.8. The summed E-state index contributed by atoms with van der Waals surface area (Å²) in [5.74, 6) is -0.333. The van der Waals surface area contributed by atoms with Gasteiger partial charge in [-0.1, -0.05) is 18.2 Å². The maximum atomic E-state index is 13.6. The van der Waals surface area contributed by atoms with Crippen molar-refractivity contribution in [1.29, 1.82) is 0 Å². The molecule has 1 unspecified atom stereocenters. The van der Waals surface area contributed by atoms with Crippen molar-refractivity contribution >= 4 is 21.6 Å². The van der Waals surface area contributed by atoms with Gasteiger partial charge < -0.3 is 9.84 Å². The van der Waals surface area contributed by atoms with E-state index in [1.807, 2.05) is 0 Å². The number of fused-ring (bicyclic) bond motifs is 3. The van der Waals surface area contributed by atoms with Crippen molar-refractivity contribution in [2.45, 2.75) is 44.9 Å². The molecule has 0 saturated carbocycles. The Balaban J connectivity index is 1.44. The molecule has 0 amide bonds. The van der Waals surface area contributed by atoms with E-state index >= 15 is 0 Å². The number of hydrogen-bond donors (Lipinski definition) is 1. The van der Waals surface area contributed by atoms with Gasteiger partial charge in [0.15, 0.2) is 0 Å². The molecule has 0 saturated heterocycles. The largest absolute Gasteiger partial charge is 0.389 e. The number of ether oxygens (including phenoxy) is 1. The Morgan fingerprint density at radius 3 is 2.96 bits per heavy atom. The van der Waals surface area contributed by atoms with Crippen LogP contribution in [0.25, 0.3) is 10.2 Å². The second-order valence-electron chi connectivity index (χ2n) is 6.85. The van der Waals surface area contributed by atoms with Crippen molar-refractivity contribution in [3.63, 3.8) is 0 Å². The molecule has 142 valence electrons. The predicted molar refractivity (Wildman–Crippen MR) is 103 cm³/mol. The first kappa shape index (κ1) is 18.3. The fourth-order valence-corrected chi connectivity index (χ4v) is 4.73. The van der Waals surface area contributed by atoms with Crippen LogP contribution >= 0.6 is 11.3 Å². The molecule has 0 radical (unpaired) electrons. The Labute approximate surface area is 160 Å². The minimum Gasteiger partial charge on any atom is -0.389 e. The second-order valence-corrected chi connectivity index (χ2v) is 7.94. The number of rotatable bonds is 6. The predicted octanol–water partition coefficient (Wildman–Crippen LogP) is 3.05. The van der Waals surface area contributed by atoms with Gasteiger partial charge in [-0.25, -0.2) is 9.37 Å². The molecule has 0 fully saturated rings. The van der Waals surface area contributed by atoms with Crippen LogP contribution in [0.2, 0.25) is 0 Å². The summed E-state index contributed by atoms with van der Waals surface area (Å²) in [4.78, 5) is 19.3. The monoisotopic (exact) mass is 388 g/mol. The van der Waals surface area contributed by atoms with Gasteiger partial charge in [-0.3, -0.25) is 9.36 Å². The normalized spacial score (nSPS) is 15.0. The van der Waals surface area contributed by atoms with Crippen LogP contribution in [-0.2, 0) is 30.7 Å². The van der Waals surface area contributed by atoms with Gasteiger partial charge in [0, 0.05) is 10.4 Å². The molecule has 5 nitrogen and oxygen atoms in total. The molecule has 7 heteroatoms. The molecule has 1 aliphatic carbocycles. The molecule has 2 heterocycles. The van der Waals surface area contributed by atoms with Gasteiger partial charge in [0.05, 0.1) is 37.6 Å². The van der Waals surface area contributed by atoms with E-state index in [0.717, 1.165) is 36.1 Å². The molecule has 1 N–H and O–H groups in total. The molecule has 1 aromatic carbocycles. The highest BCUT2D eigenvalue weighted by Crippen LogP contribution is 2.33. The van der Waals surface area contributed by atoms with Gasteiger partial charge in [0.2, 0.25) is 0 Å². The van der Waals surface area contributed by atoms with Gasteiger partial charge in [0.25, 0.3) is 5.56 Å². The van der Waals surface area contributed by atoms with Crippen LogP contribution in [-0.4, -0.2) is 27.4 Å². The summed E-state index contributed by atoms with van der Waals surface area (Å²) in [5, 5.41) is 10.9. The molecular weight excluding hydrogens is 367 g/mol. The first-order valence-electron chi connectivity index (χ1n) is 9.12. The lowest BCUT2D eigenvalue weighted by Gasteiger charge is -2.14. The number of benzene rings is 1. The minimum absolute atomic E-state index is 0.0144. The van der Waals surface area contributed by atoms with Crippen LogP contribution in [0.4, 0.5) is 4.39 Å². The third-order valence-electron chi connectivity index (χ3n) is 4.87. The summed E-state index contributed by atoms with van der Waals surface area (Å²) in [6.07, 6.45) is 4.81. The molecule has 4 rings (SSSR count). The van der Waals surface area contributed by atoms with E-state index in [4.69, 9.17) is 4.74 Å². The third kappa shape index (κ3) is 3.81. The van der Waals surface area contributed by atoms with Gasteiger partial charge in [-0.2, -0.15) is 0 Å². The number of aryl methyl sites for hydroxylation is 2. The summed E-state index contributed by atoms with van der Waals surface area (Å²) in [7, 11) is 0. The number of halogens is 1. The van der Waals surface area contributed by atoms with E-state index in [1.165, 1.54) is 21.8 Å². The molecule has 1 aliphatic rings. The van der Waals surface area contributed by atoms with E-state index in [9.17, 15) is 14.3 Å². The Hall–Kier alpha value is -2.09. The summed E-state index contributed by atoms with van der Waals surface area (Å²) < 4.78 is 20.4. The highest BCUT2D eigenvalue weighted by atomic mass is 32.1. The second kappa shape index (κ2) is 7.88. The maximum absolute atomic E-state index is 13.6. The summed E-state index contributed by atoms with van der Waals surface area (Å²) in [6.45, 7) is 0.193. The lowest BCUT2D eigenvalue weighted by molar-refractivity contribution is 0.0189. The quantitative estimate of drug-likeness (QED) is 0.705. The van der Waals surface area contributed by atoms with Crippen molar-refractivity contribution < 1.29 is 14.2 Å². The van der Waals surface area contributed by atoms with E-state index < -0.39 is 6.10 Å². The summed E-state index contributed by atoms with van der Waals surface area (Å²) in [5.41, 5.74) is 1.47. The van der Waals surface area contributed by atoms with Crippen LogP contribution in [0.15, 0.2) is 35.4 Å². The highest BCUT2D eigenvalue weighted by Gasteiger charge is 2.20. The molecule has 1 atom stereocenters.